The summed E-state index contributed by atoms with van der Waals surface area (Å²) in [6, 6.07) is 10.7. The van der Waals surface area contributed by atoms with Crippen LogP contribution in [0.4, 0.5) is 0 Å². The van der Waals surface area contributed by atoms with Crippen molar-refractivity contribution in [2.24, 2.45) is 12.0 Å². The molecule has 0 amide bonds. The number of hydrogen-bond acceptors (Lipinski definition) is 4. The van der Waals surface area contributed by atoms with Gasteiger partial charge in [0, 0.05) is 46.3 Å². The highest BCUT2D eigenvalue weighted by atomic mass is 15.4. The van der Waals surface area contributed by atoms with Crippen LogP contribution in [0.1, 0.15) is 37.0 Å². The summed E-state index contributed by atoms with van der Waals surface area (Å²) in [5.74, 6) is 2.81. The monoisotopic (exact) mass is 383 g/mol. The second-order valence-electron chi connectivity index (χ2n) is 7.39. The molecule has 0 spiro atoms. The van der Waals surface area contributed by atoms with Gasteiger partial charge in [-0.3, -0.25) is 4.90 Å². The summed E-state index contributed by atoms with van der Waals surface area (Å²) in [4.78, 5) is 9.75. The fraction of sp³-hybridized carbons (Fsp3) is 0.571. The lowest BCUT2D eigenvalue weighted by Gasteiger charge is -2.36. The molecule has 1 fully saturated rings. The Morgan fingerprint density at radius 2 is 1.86 bits per heavy atom. The van der Waals surface area contributed by atoms with E-state index in [-0.39, 0.29) is 0 Å². The number of piperazine rings is 1. The fourth-order valence-electron chi connectivity index (χ4n) is 3.34. The van der Waals surface area contributed by atoms with Crippen molar-refractivity contribution in [1.82, 2.24) is 29.9 Å². The maximum absolute atomic E-state index is 4.86. The van der Waals surface area contributed by atoms with Crippen molar-refractivity contribution in [3.63, 3.8) is 0 Å². The van der Waals surface area contributed by atoms with E-state index in [0.717, 1.165) is 63.3 Å². The molecule has 0 atom stereocenters. The maximum atomic E-state index is 4.86. The molecule has 1 aromatic heterocycles. The number of hydrogen-bond donors (Lipinski definition) is 1. The average Bonchev–Trinajstić information content (AvgIpc) is 3.04. The van der Waals surface area contributed by atoms with Crippen LogP contribution in [0, 0.1) is 6.92 Å². The maximum Gasteiger partial charge on any atom is 0.194 e. The summed E-state index contributed by atoms with van der Waals surface area (Å²) in [6.45, 7) is 10.8. The van der Waals surface area contributed by atoms with Crippen LogP contribution in [-0.2, 0) is 20.1 Å². The lowest BCUT2D eigenvalue weighted by Crippen LogP contribution is -2.52. The molecule has 0 saturated carbocycles. The van der Waals surface area contributed by atoms with Crippen molar-refractivity contribution in [3.8, 4) is 0 Å². The van der Waals surface area contributed by atoms with Crippen LogP contribution in [0.25, 0.3) is 0 Å². The summed E-state index contributed by atoms with van der Waals surface area (Å²) in [5, 5.41) is 11.9. The van der Waals surface area contributed by atoms with Crippen LogP contribution < -0.4 is 5.32 Å². The molecule has 1 N–H and O–H groups in total. The van der Waals surface area contributed by atoms with Crippen molar-refractivity contribution < 1.29 is 0 Å². The average molecular weight is 384 g/mol. The smallest absolute Gasteiger partial charge is 0.194 e. The van der Waals surface area contributed by atoms with Crippen LogP contribution in [0.3, 0.4) is 0 Å². The van der Waals surface area contributed by atoms with Crippen LogP contribution >= 0.6 is 0 Å². The fourth-order valence-corrected chi connectivity index (χ4v) is 3.34. The molecule has 3 rings (SSSR count). The first kappa shape index (κ1) is 20.3. The molecule has 2 heterocycles. The minimum atomic E-state index is 0.552. The number of nitrogens with zero attached hydrogens (tertiary/aromatic N) is 6. The van der Waals surface area contributed by atoms with Gasteiger partial charge in [0.15, 0.2) is 11.8 Å². The molecule has 1 aliphatic heterocycles. The van der Waals surface area contributed by atoms with E-state index in [0.29, 0.717) is 6.54 Å². The minimum Gasteiger partial charge on any atom is -0.356 e. The van der Waals surface area contributed by atoms with E-state index in [1.165, 1.54) is 12.0 Å². The first-order chi connectivity index (χ1) is 13.7. The van der Waals surface area contributed by atoms with Gasteiger partial charge in [-0.05, 0) is 18.9 Å². The Labute approximate surface area is 168 Å². The Morgan fingerprint density at radius 3 is 2.50 bits per heavy atom. The first-order valence-electron chi connectivity index (χ1n) is 10.3. The molecule has 1 aromatic carbocycles. The van der Waals surface area contributed by atoms with Crippen molar-refractivity contribution >= 4 is 5.96 Å². The van der Waals surface area contributed by atoms with Gasteiger partial charge in [-0.25, -0.2) is 4.99 Å². The lowest BCUT2D eigenvalue weighted by atomic mass is 10.2. The second-order valence-corrected chi connectivity index (χ2v) is 7.39. The van der Waals surface area contributed by atoms with E-state index in [1.54, 1.807) is 0 Å². The van der Waals surface area contributed by atoms with Gasteiger partial charge in [-0.2, -0.15) is 0 Å². The zero-order valence-electron chi connectivity index (χ0n) is 17.4. The molecule has 1 aliphatic rings. The van der Waals surface area contributed by atoms with Gasteiger partial charge in [0.1, 0.15) is 12.4 Å². The van der Waals surface area contributed by atoms with E-state index in [2.05, 4.69) is 62.6 Å². The Balaban J connectivity index is 1.59. The van der Waals surface area contributed by atoms with Gasteiger partial charge >= 0.3 is 0 Å². The Morgan fingerprint density at radius 1 is 1.11 bits per heavy atom. The summed E-state index contributed by atoms with van der Waals surface area (Å²) in [7, 11) is 1.99. The van der Waals surface area contributed by atoms with E-state index >= 15 is 0 Å². The number of rotatable bonds is 7. The number of unbranched alkanes of at least 4 members (excludes halogenated alkanes) is 1. The predicted octanol–water partition coefficient (Wildman–Crippen LogP) is 2.19. The quantitative estimate of drug-likeness (QED) is 0.451. The minimum absolute atomic E-state index is 0.552. The molecular weight excluding hydrogens is 350 g/mol. The SMILES string of the molecule is CCCCNC(=NCc1nnc(C)n1C)N1CCN(Cc2ccccc2)CC1. The molecule has 1 saturated heterocycles. The summed E-state index contributed by atoms with van der Waals surface area (Å²) in [6.07, 6.45) is 2.32. The summed E-state index contributed by atoms with van der Waals surface area (Å²) >= 11 is 0. The molecule has 7 heteroatoms. The molecular formula is C21H33N7. The van der Waals surface area contributed by atoms with Gasteiger partial charge in [-0.1, -0.05) is 43.7 Å². The largest absolute Gasteiger partial charge is 0.356 e. The van der Waals surface area contributed by atoms with Crippen molar-refractivity contribution in [1.29, 1.82) is 0 Å². The molecule has 7 nitrogen and oxygen atoms in total. The number of aliphatic imine (C=N–C) groups is 1. The lowest BCUT2D eigenvalue weighted by molar-refractivity contribution is 0.172. The van der Waals surface area contributed by atoms with E-state index in [1.807, 2.05) is 18.5 Å². The number of benzene rings is 1. The molecule has 0 radical (unpaired) electrons. The standard InChI is InChI=1S/C21H33N7/c1-4-5-11-22-21(23-16-20-25-24-18(2)26(20)3)28-14-12-27(13-15-28)17-19-9-7-6-8-10-19/h6-10H,4-5,11-17H2,1-3H3,(H,22,23). The zero-order valence-corrected chi connectivity index (χ0v) is 17.4. The van der Waals surface area contributed by atoms with Gasteiger partial charge in [-0.15, -0.1) is 10.2 Å². The van der Waals surface area contributed by atoms with Crippen molar-refractivity contribution in [2.45, 2.75) is 39.8 Å². The highest BCUT2D eigenvalue weighted by Gasteiger charge is 2.20. The number of guanidine groups is 1. The second kappa shape index (κ2) is 10.2. The third-order valence-electron chi connectivity index (χ3n) is 5.29. The summed E-state index contributed by atoms with van der Waals surface area (Å²) in [5.41, 5.74) is 1.38. The summed E-state index contributed by atoms with van der Waals surface area (Å²) < 4.78 is 2.00. The third kappa shape index (κ3) is 5.55. The topological polar surface area (TPSA) is 61.6 Å². The Bertz CT molecular complexity index is 745. The van der Waals surface area contributed by atoms with E-state index in [4.69, 9.17) is 4.99 Å². The third-order valence-corrected chi connectivity index (χ3v) is 5.29. The number of aryl methyl sites for hydroxylation is 1. The van der Waals surface area contributed by atoms with Crippen LogP contribution in [0.2, 0.25) is 0 Å². The zero-order chi connectivity index (χ0) is 19.8. The highest BCUT2D eigenvalue weighted by molar-refractivity contribution is 5.80. The van der Waals surface area contributed by atoms with Gasteiger partial charge in [0.05, 0.1) is 0 Å². The normalized spacial score (nSPS) is 15.8. The molecule has 152 valence electrons. The molecule has 0 bridgehead atoms. The van der Waals surface area contributed by atoms with Crippen LogP contribution in [-0.4, -0.2) is 63.2 Å². The molecule has 0 aliphatic carbocycles. The van der Waals surface area contributed by atoms with E-state index in [9.17, 15) is 0 Å². The van der Waals surface area contributed by atoms with Crippen molar-refractivity contribution in [3.05, 3.63) is 47.5 Å². The first-order valence-corrected chi connectivity index (χ1v) is 10.3. The molecule has 2 aromatic rings. The predicted molar refractivity (Wildman–Crippen MR) is 113 cm³/mol. The van der Waals surface area contributed by atoms with Crippen molar-refractivity contribution in [2.75, 3.05) is 32.7 Å². The van der Waals surface area contributed by atoms with Crippen LogP contribution in [0.15, 0.2) is 35.3 Å². The molecule has 0 unspecified atom stereocenters. The number of aromatic nitrogens is 3. The molecule has 28 heavy (non-hydrogen) atoms. The van der Waals surface area contributed by atoms with Gasteiger partial charge in [0.2, 0.25) is 0 Å². The van der Waals surface area contributed by atoms with Gasteiger partial charge < -0.3 is 14.8 Å². The van der Waals surface area contributed by atoms with Crippen LogP contribution in [0.5, 0.6) is 0 Å². The highest BCUT2D eigenvalue weighted by Crippen LogP contribution is 2.09. The van der Waals surface area contributed by atoms with Gasteiger partial charge in [0.25, 0.3) is 0 Å². The Hall–Kier alpha value is -2.41. The Kier molecular flexibility index (Phi) is 7.42. The number of nitrogens with one attached hydrogen (secondary N) is 1. The van der Waals surface area contributed by atoms with E-state index < -0.39 is 0 Å².